The number of carboxylic acids is 1. The SMILES string of the molecule is O=C(O)CCCCNC(=O)CNc1ccccc1. The Morgan fingerprint density at radius 3 is 2.50 bits per heavy atom. The van der Waals surface area contributed by atoms with E-state index in [1.807, 2.05) is 30.3 Å². The molecule has 98 valence electrons. The maximum atomic E-state index is 11.4. The first-order valence-electron chi connectivity index (χ1n) is 5.96. The minimum Gasteiger partial charge on any atom is -0.481 e. The number of carbonyl (C=O) groups excluding carboxylic acids is 1. The van der Waals surface area contributed by atoms with Crippen molar-refractivity contribution in [3.05, 3.63) is 30.3 Å². The molecule has 1 amide bonds. The molecule has 0 atom stereocenters. The molecule has 0 aliphatic rings. The zero-order valence-corrected chi connectivity index (χ0v) is 10.2. The van der Waals surface area contributed by atoms with Crippen LogP contribution in [0, 0.1) is 0 Å². The van der Waals surface area contributed by atoms with E-state index in [-0.39, 0.29) is 18.9 Å². The van der Waals surface area contributed by atoms with Crippen molar-refractivity contribution in [3.8, 4) is 0 Å². The highest BCUT2D eigenvalue weighted by Crippen LogP contribution is 2.03. The Morgan fingerprint density at radius 1 is 1.11 bits per heavy atom. The van der Waals surface area contributed by atoms with E-state index in [0.717, 1.165) is 5.69 Å². The maximum absolute atomic E-state index is 11.4. The fourth-order valence-electron chi connectivity index (χ4n) is 1.43. The minimum absolute atomic E-state index is 0.0887. The molecule has 0 spiro atoms. The van der Waals surface area contributed by atoms with Crippen LogP contribution < -0.4 is 10.6 Å². The highest BCUT2D eigenvalue weighted by Gasteiger charge is 2.01. The van der Waals surface area contributed by atoms with Gasteiger partial charge in [0.2, 0.25) is 5.91 Å². The van der Waals surface area contributed by atoms with Gasteiger partial charge < -0.3 is 15.7 Å². The minimum atomic E-state index is -0.799. The molecule has 0 radical (unpaired) electrons. The molecule has 0 bridgehead atoms. The van der Waals surface area contributed by atoms with E-state index in [0.29, 0.717) is 19.4 Å². The molecule has 1 rings (SSSR count). The summed E-state index contributed by atoms with van der Waals surface area (Å²) in [5.41, 5.74) is 0.901. The average Bonchev–Trinajstić information content (AvgIpc) is 2.37. The zero-order valence-electron chi connectivity index (χ0n) is 10.2. The van der Waals surface area contributed by atoms with Crippen molar-refractivity contribution >= 4 is 17.6 Å². The molecule has 3 N–H and O–H groups in total. The van der Waals surface area contributed by atoms with Crippen LogP contribution in [0.25, 0.3) is 0 Å². The summed E-state index contributed by atoms with van der Waals surface area (Å²) < 4.78 is 0. The first-order valence-corrected chi connectivity index (χ1v) is 5.96. The fraction of sp³-hybridized carbons (Fsp3) is 0.385. The van der Waals surface area contributed by atoms with Gasteiger partial charge in [-0.3, -0.25) is 9.59 Å². The Hall–Kier alpha value is -2.04. The molecule has 5 nitrogen and oxygen atoms in total. The normalized spacial score (nSPS) is 9.78. The molecule has 1 aromatic rings. The number of amides is 1. The second-order valence-corrected chi connectivity index (χ2v) is 3.92. The summed E-state index contributed by atoms with van der Waals surface area (Å²) in [6, 6.07) is 9.48. The fourth-order valence-corrected chi connectivity index (χ4v) is 1.43. The third kappa shape index (κ3) is 6.52. The second-order valence-electron chi connectivity index (χ2n) is 3.92. The number of carbonyl (C=O) groups is 2. The van der Waals surface area contributed by atoms with Crippen LogP contribution in [0.15, 0.2) is 30.3 Å². The lowest BCUT2D eigenvalue weighted by Crippen LogP contribution is -2.30. The summed E-state index contributed by atoms with van der Waals surface area (Å²) in [7, 11) is 0. The molecule has 1 aromatic carbocycles. The second kappa shape index (κ2) is 8.11. The monoisotopic (exact) mass is 250 g/mol. The van der Waals surface area contributed by atoms with Gasteiger partial charge in [-0.1, -0.05) is 18.2 Å². The van der Waals surface area contributed by atoms with Gasteiger partial charge in [0, 0.05) is 18.7 Å². The first-order chi connectivity index (χ1) is 8.68. The molecule has 0 saturated heterocycles. The van der Waals surface area contributed by atoms with Crippen LogP contribution in [0.5, 0.6) is 0 Å². The van der Waals surface area contributed by atoms with Crippen LogP contribution in [-0.2, 0) is 9.59 Å². The van der Waals surface area contributed by atoms with E-state index < -0.39 is 5.97 Å². The number of para-hydroxylation sites is 1. The predicted octanol–water partition coefficient (Wildman–Crippen LogP) is 1.47. The molecular formula is C13H18N2O3. The van der Waals surface area contributed by atoms with E-state index in [1.54, 1.807) is 0 Å². The van der Waals surface area contributed by atoms with E-state index >= 15 is 0 Å². The van der Waals surface area contributed by atoms with Gasteiger partial charge in [-0.2, -0.15) is 0 Å². The summed E-state index contributed by atoms with van der Waals surface area (Å²) in [6.07, 6.45) is 1.42. The smallest absolute Gasteiger partial charge is 0.303 e. The Balaban J connectivity index is 2.06. The van der Waals surface area contributed by atoms with E-state index in [9.17, 15) is 9.59 Å². The third-order valence-corrected chi connectivity index (χ3v) is 2.37. The molecule has 0 fully saturated rings. The zero-order chi connectivity index (χ0) is 13.2. The van der Waals surface area contributed by atoms with Crippen molar-refractivity contribution in [1.29, 1.82) is 0 Å². The van der Waals surface area contributed by atoms with Crippen LogP contribution in [0.3, 0.4) is 0 Å². The summed E-state index contributed by atoms with van der Waals surface area (Å²) in [5, 5.41) is 14.2. The Labute approximate surface area is 106 Å². The Morgan fingerprint density at radius 2 is 1.83 bits per heavy atom. The quantitative estimate of drug-likeness (QED) is 0.610. The Bertz CT molecular complexity index is 379. The van der Waals surface area contributed by atoms with Crippen LogP contribution >= 0.6 is 0 Å². The number of hydrogen-bond acceptors (Lipinski definition) is 3. The molecular weight excluding hydrogens is 232 g/mol. The lowest BCUT2D eigenvalue weighted by atomic mass is 10.2. The lowest BCUT2D eigenvalue weighted by molar-refractivity contribution is -0.137. The van der Waals surface area contributed by atoms with Gasteiger partial charge in [0.05, 0.1) is 6.54 Å². The van der Waals surface area contributed by atoms with Gasteiger partial charge in [-0.05, 0) is 25.0 Å². The van der Waals surface area contributed by atoms with Crippen molar-refractivity contribution in [2.45, 2.75) is 19.3 Å². The van der Waals surface area contributed by atoms with Gasteiger partial charge in [0.1, 0.15) is 0 Å². The van der Waals surface area contributed by atoms with Crippen LogP contribution in [-0.4, -0.2) is 30.1 Å². The van der Waals surface area contributed by atoms with Gasteiger partial charge in [-0.15, -0.1) is 0 Å². The van der Waals surface area contributed by atoms with Gasteiger partial charge in [0.15, 0.2) is 0 Å². The van der Waals surface area contributed by atoms with Gasteiger partial charge in [0.25, 0.3) is 0 Å². The van der Waals surface area contributed by atoms with Crippen molar-refractivity contribution < 1.29 is 14.7 Å². The summed E-state index contributed by atoms with van der Waals surface area (Å²) in [6.45, 7) is 0.742. The summed E-state index contributed by atoms with van der Waals surface area (Å²) in [4.78, 5) is 21.7. The molecule has 5 heteroatoms. The van der Waals surface area contributed by atoms with Gasteiger partial charge >= 0.3 is 5.97 Å². The number of hydrogen-bond donors (Lipinski definition) is 3. The van der Waals surface area contributed by atoms with E-state index in [1.165, 1.54) is 0 Å². The molecule has 0 aliphatic heterocycles. The van der Waals surface area contributed by atoms with Crippen LogP contribution in [0.2, 0.25) is 0 Å². The number of aliphatic carboxylic acids is 1. The van der Waals surface area contributed by atoms with Crippen LogP contribution in [0.1, 0.15) is 19.3 Å². The average molecular weight is 250 g/mol. The topological polar surface area (TPSA) is 78.4 Å². The highest BCUT2D eigenvalue weighted by atomic mass is 16.4. The molecule has 0 heterocycles. The third-order valence-electron chi connectivity index (χ3n) is 2.37. The van der Waals surface area contributed by atoms with Crippen molar-refractivity contribution in [2.24, 2.45) is 0 Å². The van der Waals surface area contributed by atoms with Crippen LogP contribution in [0.4, 0.5) is 5.69 Å². The van der Waals surface area contributed by atoms with Crippen molar-refractivity contribution in [3.63, 3.8) is 0 Å². The number of benzene rings is 1. The number of unbranched alkanes of at least 4 members (excludes halogenated alkanes) is 1. The first kappa shape index (κ1) is 14.0. The van der Waals surface area contributed by atoms with E-state index in [4.69, 9.17) is 5.11 Å². The largest absolute Gasteiger partial charge is 0.481 e. The number of anilines is 1. The van der Waals surface area contributed by atoms with Gasteiger partial charge in [-0.25, -0.2) is 0 Å². The van der Waals surface area contributed by atoms with Crippen molar-refractivity contribution in [2.75, 3.05) is 18.4 Å². The molecule has 0 unspecified atom stereocenters. The molecule has 18 heavy (non-hydrogen) atoms. The number of nitrogens with one attached hydrogen (secondary N) is 2. The summed E-state index contributed by atoms with van der Waals surface area (Å²) >= 11 is 0. The number of rotatable bonds is 8. The predicted molar refractivity (Wildman–Crippen MR) is 69.4 cm³/mol. The number of carboxylic acid groups (broad SMARTS) is 1. The molecule has 0 saturated carbocycles. The molecule has 0 aliphatic carbocycles. The molecule has 0 aromatic heterocycles. The van der Waals surface area contributed by atoms with Crippen molar-refractivity contribution in [1.82, 2.24) is 5.32 Å². The Kier molecular flexibility index (Phi) is 6.32. The summed E-state index contributed by atoms with van der Waals surface area (Å²) in [5.74, 6) is -0.888. The maximum Gasteiger partial charge on any atom is 0.303 e. The highest BCUT2D eigenvalue weighted by molar-refractivity contribution is 5.80. The standard InChI is InChI=1S/C13H18N2O3/c16-12(14-9-5-4-8-13(17)18)10-15-11-6-2-1-3-7-11/h1-3,6-7,15H,4-5,8-10H2,(H,14,16)(H,17,18). The van der Waals surface area contributed by atoms with E-state index in [2.05, 4.69) is 10.6 Å². The lowest BCUT2D eigenvalue weighted by Gasteiger charge is -2.07.